The minimum atomic E-state index is -1.21. The van der Waals surface area contributed by atoms with Crippen LogP contribution in [0, 0.1) is 0 Å². The van der Waals surface area contributed by atoms with Crippen LogP contribution in [-0.4, -0.2) is 37.1 Å². The van der Waals surface area contributed by atoms with E-state index < -0.39 is 12.3 Å². The number of rotatable bonds is 3. The zero-order valence-electron chi connectivity index (χ0n) is 9.30. The number of carbonyl (C=O) groups is 1. The molecule has 0 amide bonds. The lowest BCUT2D eigenvalue weighted by Gasteiger charge is -2.33. The third kappa shape index (κ3) is 2.74. The Morgan fingerprint density at radius 2 is 2.29 bits per heavy atom. The van der Waals surface area contributed by atoms with Gasteiger partial charge in [-0.1, -0.05) is 18.2 Å². The highest BCUT2D eigenvalue weighted by Crippen LogP contribution is 2.25. The predicted octanol–water partition coefficient (Wildman–Crippen LogP) is 1.45. The quantitative estimate of drug-likeness (QED) is 0.811. The summed E-state index contributed by atoms with van der Waals surface area (Å²) >= 11 is 0. The summed E-state index contributed by atoms with van der Waals surface area (Å²) in [5.74, 6) is -0.916. The van der Waals surface area contributed by atoms with Crippen LogP contribution in [0.1, 0.15) is 5.56 Å². The van der Waals surface area contributed by atoms with Crippen molar-refractivity contribution in [3.63, 3.8) is 0 Å². The van der Waals surface area contributed by atoms with E-state index in [-0.39, 0.29) is 13.0 Å². The molecular weight excluding hydrogens is 225 g/mol. The van der Waals surface area contributed by atoms with Gasteiger partial charge >= 0.3 is 5.97 Å². The Hall–Kier alpha value is -1.62. The second-order valence-corrected chi connectivity index (χ2v) is 3.90. The average Bonchev–Trinajstić information content (AvgIpc) is 2.30. The summed E-state index contributed by atoms with van der Waals surface area (Å²) in [6.45, 7) is 0.932. The van der Waals surface area contributed by atoms with Gasteiger partial charge in [0.05, 0.1) is 19.6 Å². The molecule has 0 spiro atoms. The highest BCUT2D eigenvalue weighted by molar-refractivity contribution is 5.73. The van der Waals surface area contributed by atoms with E-state index in [1.165, 1.54) is 0 Å². The van der Waals surface area contributed by atoms with Crippen molar-refractivity contribution >= 4 is 11.7 Å². The third-order valence-electron chi connectivity index (χ3n) is 2.71. The van der Waals surface area contributed by atoms with Gasteiger partial charge < -0.3 is 14.7 Å². The van der Waals surface area contributed by atoms with Crippen LogP contribution in [0.25, 0.3) is 0 Å². The molecule has 92 valence electrons. The normalized spacial score (nSPS) is 20.3. The van der Waals surface area contributed by atoms with Crippen LogP contribution in [0.4, 0.5) is 10.1 Å². The highest BCUT2D eigenvalue weighted by atomic mass is 19.1. The van der Waals surface area contributed by atoms with Crippen LogP contribution in [0.3, 0.4) is 0 Å². The van der Waals surface area contributed by atoms with Gasteiger partial charge in [0.25, 0.3) is 0 Å². The Kier molecular flexibility index (Phi) is 3.58. The molecule has 0 radical (unpaired) electrons. The smallest absolute Gasteiger partial charge is 0.307 e. The van der Waals surface area contributed by atoms with Crippen molar-refractivity contribution in [1.29, 1.82) is 0 Å². The number of anilines is 1. The van der Waals surface area contributed by atoms with Gasteiger partial charge in [-0.25, -0.2) is 4.39 Å². The van der Waals surface area contributed by atoms with Crippen LogP contribution < -0.4 is 4.90 Å². The molecule has 5 heteroatoms. The lowest BCUT2D eigenvalue weighted by atomic mass is 10.1. The molecule has 17 heavy (non-hydrogen) atoms. The number of halogens is 1. The van der Waals surface area contributed by atoms with Crippen molar-refractivity contribution in [2.24, 2.45) is 0 Å². The molecule has 0 aromatic heterocycles. The molecule has 2 rings (SSSR count). The number of nitrogens with zero attached hydrogens (tertiary/aromatic N) is 1. The van der Waals surface area contributed by atoms with E-state index in [2.05, 4.69) is 0 Å². The summed E-state index contributed by atoms with van der Waals surface area (Å²) in [4.78, 5) is 12.3. The summed E-state index contributed by atoms with van der Waals surface area (Å²) in [6.07, 6.45) is -1.31. The number of morpholine rings is 1. The summed E-state index contributed by atoms with van der Waals surface area (Å²) in [5.41, 5.74) is 1.27. The van der Waals surface area contributed by atoms with E-state index >= 15 is 0 Å². The summed E-state index contributed by atoms with van der Waals surface area (Å²) in [7, 11) is 0. The molecule has 4 nitrogen and oxygen atoms in total. The molecule has 0 bridgehead atoms. The largest absolute Gasteiger partial charge is 0.481 e. The van der Waals surface area contributed by atoms with E-state index in [0.29, 0.717) is 24.4 Å². The first kappa shape index (κ1) is 11.9. The number of aliphatic carboxylic acids is 1. The fourth-order valence-corrected chi connectivity index (χ4v) is 1.95. The molecule has 1 atom stereocenters. The number of carboxylic acid groups (broad SMARTS) is 1. The first-order valence-corrected chi connectivity index (χ1v) is 5.46. The van der Waals surface area contributed by atoms with Crippen LogP contribution in [0.15, 0.2) is 24.3 Å². The number of hydrogen-bond acceptors (Lipinski definition) is 3. The third-order valence-corrected chi connectivity index (χ3v) is 2.71. The topological polar surface area (TPSA) is 49.8 Å². The molecule has 1 heterocycles. The maximum absolute atomic E-state index is 13.7. The van der Waals surface area contributed by atoms with Crippen LogP contribution in [0.5, 0.6) is 0 Å². The van der Waals surface area contributed by atoms with E-state index in [1.54, 1.807) is 29.2 Å². The number of para-hydroxylation sites is 1. The number of ether oxygens (including phenoxy) is 1. The Morgan fingerprint density at radius 3 is 3.00 bits per heavy atom. The van der Waals surface area contributed by atoms with Gasteiger partial charge in [0.2, 0.25) is 0 Å². The molecule has 0 saturated carbocycles. The number of benzene rings is 1. The molecular formula is C12H14FNO3. The SMILES string of the molecule is O=C(O)Cc1ccccc1N1CCOCC1F. The molecule has 1 saturated heterocycles. The van der Waals surface area contributed by atoms with E-state index in [9.17, 15) is 9.18 Å². The van der Waals surface area contributed by atoms with E-state index in [4.69, 9.17) is 9.84 Å². The summed E-state index contributed by atoms with van der Waals surface area (Å²) in [6, 6.07) is 7.00. The summed E-state index contributed by atoms with van der Waals surface area (Å²) in [5, 5.41) is 8.82. The monoisotopic (exact) mass is 239 g/mol. The first-order chi connectivity index (χ1) is 8.18. The Morgan fingerprint density at radius 1 is 1.53 bits per heavy atom. The fourth-order valence-electron chi connectivity index (χ4n) is 1.95. The van der Waals surface area contributed by atoms with Crippen LogP contribution >= 0.6 is 0 Å². The Labute approximate surface area is 98.6 Å². The second-order valence-electron chi connectivity index (χ2n) is 3.90. The molecule has 1 aromatic carbocycles. The lowest BCUT2D eigenvalue weighted by Crippen LogP contribution is -2.43. The van der Waals surface area contributed by atoms with Gasteiger partial charge in [-0.05, 0) is 11.6 Å². The van der Waals surface area contributed by atoms with Gasteiger partial charge in [0.1, 0.15) is 0 Å². The second kappa shape index (κ2) is 5.14. The molecule has 1 unspecified atom stereocenters. The molecule has 1 aromatic rings. The van der Waals surface area contributed by atoms with Gasteiger partial charge in [-0.15, -0.1) is 0 Å². The Balaban J connectivity index is 2.26. The molecule has 0 aliphatic carbocycles. The first-order valence-electron chi connectivity index (χ1n) is 5.46. The van der Waals surface area contributed by atoms with E-state index in [1.807, 2.05) is 0 Å². The highest BCUT2D eigenvalue weighted by Gasteiger charge is 2.24. The number of carboxylic acids is 1. The van der Waals surface area contributed by atoms with E-state index in [0.717, 1.165) is 0 Å². The lowest BCUT2D eigenvalue weighted by molar-refractivity contribution is -0.136. The number of hydrogen-bond donors (Lipinski definition) is 1. The molecule has 1 aliphatic rings. The van der Waals surface area contributed by atoms with Crippen molar-refractivity contribution in [1.82, 2.24) is 0 Å². The maximum atomic E-state index is 13.7. The predicted molar refractivity (Wildman–Crippen MR) is 60.8 cm³/mol. The minimum absolute atomic E-state index is 0.0292. The van der Waals surface area contributed by atoms with Crippen LogP contribution in [-0.2, 0) is 16.0 Å². The molecule has 1 fully saturated rings. The fraction of sp³-hybridized carbons (Fsp3) is 0.417. The zero-order valence-corrected chi connectivity index (χ0v) is 9.30. The van der Waals surface area contributed by atoms with Crippen molar-refractivity contribution in [3.8, 4) is 0 Å². The Bertz CT molecular complexity index is 410. The van der Waals surface area contributed by atoms with Crippen molar-refractivity contribution in [2.45, 2.75) is 12.7 Å². The molecule has 1 N–H and O–H groups in total. The van der Waals surface area contributed by atoms with Crippen LogP contribution in [0.2, 0.25) is 0 Å². The van der Waals surface area contributed by atoms with Gasteiger partial charge in [-0.2, -0.15) is 0 Å². The van der Waals surface area contributed by atoms with Crippen molar-refractivity contribution in [3.05, 3.63) is 29.8 Å². The molecule has 1 aliphatic heterocycles. The zero-order chi connectivity index (χ0) is 12.3. The minimum Gasteiger partial charge on any atom is -0.481 e. The van der Waals surface area contributed by atoms with Gasteiger partial charge in [0, 0.05) is 12.2 Å². The average molecular weight is 239 g/mol. The standard InChI is InChI=1S/C12H14FNO3/c13-11-8-17-6-5-14(11)10-4-2-1-3-9(10)7-12(15)16/h1-4,11H,5-8H2,(H,15,16). The van der Waals surface area contributed by atoms with Gasteiger partial charge in [0.15, 0.2) is 6.30 Å². The van der Waals surface area contributed by atoms with Gasteiger partial charge in [-0.3, -0.25) is 4.79 Å². The number of alkyl halides is 1. The van der Waals surface area contributed by atoms with Crippen molar-refractivity contribution in [2.75, 3.05) is 24.7 Å². The summed E-state index contributed by atoms with van der Waals surface area (Å²) < 4.78 is 18.7. The van der Waals surface area contributed by atoms with Crippen molar-refractivity contribution < 1.29 is 19.0 Å². The maximum Gasteiger partial charge on any atom is 0.307 e.